The van der Waals surface area contributed by atoms with Gasteiger partial charge in [-0.05, 0) is 51.2 Å². The van der Waals surface area contributed by atoms with Crippen LogP contribution in [0.3, 0.4) is 0 Å². The highest BCUT2D eigenvalue weighted by Gasteiger charge is 2.08. The number of nitrogens with two attached hydrogens (primary N) is 1. The van der Waals surface area contributed by atoms with Gasteiger partial charge in [0.05, 0.1) is 5.69 Å². The number of benzene rings is 1. The van der Waals surface area contributed by atoms with E-state index >= 15 is 0 Å². The highest BCUT2D eigenvalue weighted by atomic mass is 19.1. The monoisotopic (exact) mass is 281 g/mol. The normalized spacial score (nSPS) is 10.8. The van der Waals surface area contributed by atoms with Gasteiger partial charge in [-0.3, -0.25) is 4.79 Å². The molecule has 0 radical (unpaired) electrons. The number of carbonyl (C=O) groups excluding carboxylic acids is 1. The van der Waals surface area contributed by atoms with Crippen molar-refractivity contribution in [3.63, 3.8) is 0 Å². The fourth-order valence-electron chi connectivity index (χ4n) is 1.90. The quantitative estimate of drug-likeness (QED) is 0.720. The second-order valence-corrected chi connectivity index (χ2v) is 5.05. The van der Waals surface area contributed by atoms with E-state index in [0.717, 1.165) is 25.9 Å². The summed E-state index contributed by atoms with van der Waals surface area (Å²) in [5.74, 6) is -0.647. The number of unbranched alkanes of at least 4 members (excludes halogenated alkanes) is 1. The minimum atomic E-state index is -0.465. The average molecular weight is 281 g/mol. The maximum Gasteiger partial charge on any atom is 0.224 e. The lowest BCUT2D eigenvalue weighted by Gasteiger charge is -2.15. The van der Waals surface area contributed by atoms with Crippen molar-refractivity contribution in [2.45, 2.75) is 32.6 Å². The predicted molar refractivity (Wildman–Crippen MR) is 81.1 cm³/mol. The van der Waals surface area contributed by atoms with Crippen molar-refractivity contribution in [2.75, 3.05) is 31.2 Å². The van der Waals surface area contributed by atoms with Crippen LogP contribution in [-0.2, 0) is 4.79 Å². The van der Waals surface area contributed by atoms with Crippen molar-refractivity contribution >= 4 is 17.3 Å². The van der Waals surface area contributed by atoms with Gasteiger partial charge in [0, 0.05) is 12.1 Å². The molecule has 1 rings (SSSR count). The molecule has 1 aromatic rings. The summed E-state index contributed by atoms with van der Waals surface area (Å²) < 4.78 is 13.4. The molecule has 0 atom stereocenters. The van der Waals surface area contributed by atoms with Crippen LogP contribution in [0.4, 0.5) is 15.8 Å². The summed E-state index contributed by atoms with van der Waals surface area (Å²) in [6.07, 6.45) is 3.47. The number of amides is 1. The summed E-state index contributed by atoms with van der Waals surface area (Å²) in [4.78, 5) is 13.9. The molecule has 0 aromatic heterocycles. The molecule has 3 N–H and O–H groups in total. The van der Waals surface area contributed by atoms with Crippen molar-refractivity contribution in [1.29, 1.82) is 0 Å². The molecule has 0 spiro atoms. The Morgan fingerprint density at radius 2 is 2.05 bits per heavy atom. The topological polar surface area (TPSA) is 58.4 Å². The number of hydrogen-bond donors (Lipinski definition) is 2. The van der Waals surface area contributed by atoms with Crippen LogP contribution in [0.15, 0.2) is 18.2 Å². The number of hydrogen-bond acceptors (Lipinski definition) is 3. The molecule has 1 aromatic carbocycles. The molecular formula is C15H24FN3O. The fraction of sp³-hybridized carbons (Fsp3) is 0.533. The maximum absolute atomic E-state index is 13.4. The molecule has 4 nitrogen and oxygen atoms in total. The number of halogens is 1. The summed E-state index contributed by atoms with van der Waals surface area (Å²) in [6, 6.07) is 4.15. The lowest BCUT2D eigenvalue weighted by Crippen LogP contribution is -2.22. The molecule has 0 heterocycles. The summed E-state index contributed by atoms with van der Waals surface area (Å²) in [7, 11) is 2.05. The van der Waals surface area contributed by atoms with Crippen LogP contribution in [0.1, 0.15) is 32.6 Å². The summed E-state index contributed by atoms with van der Waals surface area (Å²) in [5, 5.41) is 2.56. The first-order chi connectivity index (χ1) is 9.52. The van der Waals surface area contributed by atoms with Crippen molar-refractivity contribution in [2.24, 2.45) is 0 Å². The van der Waals surface area contributed by atoms with Crippen LogP contribution in [0.25, 0.3) is 0 Å². The molecule has 0 aliphatic carbocycles. The van der Waals surface area contributed by atoms with Crippen LogP contribution >= 0.6 is 0 Å². The predicted octanol–water partition coefficient (Wildman–Crippen LogP) is 2.86. The van der Waals surface area contributed by atoms with Gasteiger partial charge in [-0.15, -0.1) is 0 Å². The van der Waals surface area contributed by atoms with E-state index in [0.29, 0.717) is 12.1 Å². The molecule has 0 fully saturated rings. The van der Waals surface area contributed by atoms with Crippen LogP contribution in [-0.4, -0.2) is 30.9 Å². The van der Waals surface area contributed by atoms with Crippen LogP contribution in [0.5, 0.6) is 0 Å². The van der Waals surface area contributed by atoms with E-state index in [2.05, 4.69) is 17.1 Å². The third-order valence-electron chi connectivity index (χ3n) is 3.10. The van der Waals surface area contributed by atoms with Gasteiger partial charge in [0.1, 0.15) is 5.82 Å². The smallest absolute Gasteiger partial charge is 0.224 e. The molecule has 0 bridgehead atoms. The Morgan fingerprint density at radius 1 is 1.35 bits per heavy atom. The van der Waals surface area contributed by atoms with Gasteiger partial charge in [0.25, 0.3) is 0 Å². The van der Waals surface area contributed by atoms with Gasteiger partial charge in [-0.25, -0.2) is 4.39 Å². The molecule has 0 unspecified atom stereocenters. The second kappa shape index (κ2) is 8.53. The number of anilines is 2. The Morgan fingerprint density at radius 3 is 2.75 bits per heavy atom. The lowest BCUT2D eigenvalue weighted by molar-refractivity contribution is -0.116. The molecule has 1 amide bonds. The molecule has 0 aliphatic heterocycles. The van der Waals surface area contributed by atoms with E-state index in [1.54, 1.807) is 0 Å². The second-order valence-electron chi connectivity index (χ2n) is 5.05. The summed E-state index contributed by atoms with van der Waals surface area (Å²) >= 11 is 0. The third-order valence-corrected chi connectivity index (χ3v) is 3.10. The largest absolute Gasteiger partial charge is 0.399 e. The van der Waals surface area contributed by atoms with E-state index in [-0.39, 0.29) is 11.6 Å². The van der Waals surface area contributed by atoms with E-state index in [9.17, 15) is 9.18 Å². The molecule has 0 saturated carbocycles. The standard InChI is InChI=1S/C15H24FN3O/c1-3-4-9-19(2)10-5-6-15(20)18-14-11-12(17)7-8-13(14)16/h7-8,11H,3-6,9-10,17H2,1-2H3,(H,18,20). The van der Waals surface area contributed by atoms with E-state index in [4.69, 9.17) is 5.73 Å². The SMILES string of the molecule is CCCCN(C)CCCC(=O)Nc1cc(N)ccc1F. The van der Waals surface area contributed by atoms with Crippen LogP contribution in [0, 0.1) is 5.82 Å². The fourth-order valence-corrected chi connectivity index (χ4v) is 1.90. The van der Waals surface area contributed by atoms with E-state index in [1.165, 1.54) is 24.6 Å². The van der Waals surface area contributed by atoms with Gasteiger partial charge >= 0.3 is 0 Å². The molecule has 0 saturated heterocycles. The van der Waals surface area contributed by atoms with Gasteiger partial charge in [0.2, 0.25) is 5.91 Å². The Balaban J connectivity index is 2.31. The lowest BCUT2D eigenvalue weighted by atomic mass is 10.2. The number of nitrogens with zero attached hydrogens (tertiary/aromatic N) is 1. The molecule has 112 valence electrons. The van der Waals surface area contributed by atoms with Crippen molar-refractivity contribution in [1.82, 2.24) is 4.90 Å². The minimum Gasteiger partial charge on any atom is -0.399 e. The highest BCUT2D eigenvalue weighted by Crippen LogP contribution is 2.17. The minimum absolute atomic E-state index is 0.148. The molecule has 5 heteroatoms. The number of rotatable bonds is 8. The van der Waals surface area contributed by atoms with Crippen molar-refractivity contribution in [3.05, 3.63) is 24.0 Å². The van der Waals surface area contributed by atoms with Crippen molar-refractivity contribution < 1.29 is 9.18 Å². The first kappa shape index (κ1) is 16.4. The molecular weight excluding hydrogens is 257 g/mol. The highest BCUT2D eigenvalue weighted by molar-refractivity contribution is 5.91. The zero-order chi connectivity index (χ0) is 15.0. The van der Waals surface area contributed by atoms with Gasteiger partial charge < -0.3 is 16.0 Å². The zero-order valence-corrected chi connectivity index (χ0v) is 12.3. The number of nitrogens with one attached hydrogen (secondary N) is 1. The van der Waals surface area contributed by atoms with E-state index in [1.807, 2.05) is 7.05 Å². The summed E-state index contributed by atoms with van der Waals surface area (Å²) in [6.45, 7) is 4.07. The zero-order valence-electron chi connectivity index (χ0n) is 12.3. The first-order valence-electron chi connectivity index (χ1n) is 7.06. The van der Waals surface area contributed by atoms with Gasteiger partial charge in [-0.2, -0.15) is 0 Å². The van der Waals surface area contributed by atoms with Gasteiger partial charge in [-0.1, -0.05) is 13.3 Å². The van der Waals surface area contributed by atoms with Crippen LogP contribution in [0.2, 0.25) is 0 Å². The van der Waals surface area contributed by atoms with Gasteiger partial charge in [0.15, 0.2) is 0 Å². The Hall–Kier alpha value is -1.62. The Kier molecular flexibility index (Phi) is 7.01. The third kappa shape index (κ3) is 6.02. The van der Waals surface area contributed by atoms with Crippen molar-refractivity contribution in [3.8, 4) is 0 Å². The Labute approximate surface area is 120 Å². The molecule has 0 aliphatic rings. The molecule has 20 heavy (non-hydrogen) atoms. The van der Waals surface area contributed by atoms with Crippen LogP contribution < -0.4 is 11.1 Å². The maximum atomic E-state index is 13.4. The number of carbonyl (C=O) groups is 1. The first-order valence-corrected chi connectivity index (χ1v) is 7.06. The summed E-state index contributed by atoms with van der Waals surface area (Å²) in [5.41, 5.74) is 6.14. The average Bonchev–Trinajstić information content (AvgIpc) is 2.40. The number of nitrogen functional groups attached to an aromatic ring is 1. The Bertz CT molecular complexity index is 437. The van der Waals surface area contributed by atoms with E-state index < -0.39 is 5.82 Å².